The molecule has 6 nitrogen and oxygen atoms in total. The predicted octanol–water partition coefficient (Wildman–Crippen LogP) is 1.29. The molecular weight excluding hydrogens is 306 g/mol. The highest BCUT2D eigenvalue weighted by Crippen LogP contribution is 2.22. The van der Waals surface area contributed by atoms with Gasteiger partial charge in [0.25, 0.3) is 0 Å². The second kappa shape index (κ2) is 7.95. The smallest absolute Gasteiger partial charge is 0.224 e. The Balaban J connectivity index is 2.01. The monoisotopic (exact) mass is 331 g/mol. The van der Waals surface area contributed by atoms with Crippen molar-refractivity contribution >= 4 is 17.7 Å². The molecule has 0 saturated carbocycles. The molecule has 1 fully saturated rings. The highest BCUT2D eigenvalue weighted by molar-refractivity contribution is 5.80. The molecule has 0 aromatic heterocycles. The zero-order valence-corrected chi connectivity index (χ0v) is 14.2. The Labute approximate surface area is 142 Å². The summed E-state index contributed by atoms with van der Waals surface area (Å²) in [6, 6.07) is 7.45. The van der Waals surface area contributed by atoms with E-state index in [2.05, 4.69) is 5.32 Å². The number of likely N-dealkylation sites (tertiary alicyclic amines) is 1. The van der Waals surface area contributed by atoms with Crippen molar-refractivity contribution in [2.24, 2.45) is 11.7 Å². The second-order valence-corrected chi connectivity index (χ2v) is 6.43. The topological polar surface area (TPSA) is 92.5 Å². The number of carbonyl (C=O) groups excluding carboxylic acids is 3. The van der Waals surface area contributed by atoms with Gasteiger partial charge in [0.1, 0.15) is 0 Å². The Hall–Kier alpha value is -2.37. The van der Waals surface area contributed by atoms with E-state index >= 15 is 0 Å². The molecule has 0 spiro atoms. The summed E-state index contributed by atoms with van der Waals surface area (Å²) in [6.07, 6.45) is 1.43. The van der Waals surface area contributed by atoms with Gasteiger partial charge in [-0.1, -0.05) is 29.8 Å². The van der Waals surface area contributed by atoms with Crippen LogP contribution in [0.15, 0.2) is 24.3 Å². The zero-order chi connectivity index (χ0) is 17.7. The molecule has 0 bridgehead atoms. The number of nitrogens with one attached hydrogen (secondary N) is 1. The van der Waals surface area contributed by atoms with Crippen LogP contribution in [-0.2, 0) is 14.4 Å². The number of primary amides is 1. The number of nitrogens with zero attached hydrogens (tertiary/aromatic N) is 1. The third kappa shape index (κ3) is 4.81. The quantitative estimate of drug-likeness (QED) is 0.851. The van der Waals surface area contributed by atoms with Gasteiger partial charge in [-0.3, -0.25) is 14.4 Å². The molecule has 1 aromatic carbocycles. The summed E-state index contributed by atoms with van der Waals surface area (Å²) in [5, 5.41) is 2.85. The molecule has 0 aliphatic carbocycles. The summed E-state index contributed by atoms with van der Waals surface area (Å²) in [7, 11) is 0. The van der Waals surface area contributed by atoms with Crippen molar-refractivity contribution in [2.75, 3.05) is 13.1 Å². The van der Waals surface area contributed by atoms with Gasteiger partial charge in [0, 0.05) is 25.9 Å². The summed E-state index contributed by atoms with van der Waals surface area (Å²) < 4.78 is 0. The lowest BCUT2D eigenvalue weighted by Gasteiger charge is -2.32. The van der Waals surface area contributed by atoms with Crippen molar-refractivity contribution in [3.8, 4) is 0 Å². The standard InChI is InChI=1S/C18H25N3O3/c1-12-3-5-14(6-4-12)16(20-13(2)22)11-17(23)21-9-7-15(8-10-21)18(19)24/h3-6,15-16H,7-11H2,1-2H3,(H2,19,24)(H,20,22)/t16-/m1/s1. The third-order valence-corrected chi connectivity index (χ3v) is 4.49. The molecule has 1 atom stereocenters. The predicted molar refractivity (Wildman–Crippen MR) is 90.9 cm³/mol. The van der Waals surface area contributed by atoms with Crippen LogP contribution in [0, 0.1) is 12.8 Å². The van der Waals surface area contributed by atoms with E-state index in [0.717, 1.165) is 11.1 Å². The van der Waals surface area contributed by atoms with Gasteiger partial charge in [-0.2, -0.15) is 0 Å². The molecule has 0 unspecified atom stereocenters. The maximum Gasteiger partial charge on any atom is 0.224 e. The Morgan fingerprint density at radius 1 is 1.21 bits per heavy atom. The van der Waals surface area contributed by atoms with Crippen molar-refractivity contribution in [3.63, 3.8) is 0 Å². The van der Waals surface area contributed by atoms with Crippen LogP contribution in [0.4, 0.5) is 0 Å². The Kier molecular flexibility index (Phi) is 5.95. The summed E-state index contributed by atoms with van der Waals surface area (Å²) in [6.45, 7) is 4.51. The zero-order valence-electron chi connectivity index (χ0n) is 14.2. The van der Waals surface area contributed by atoms with Crippen LogP contribution >= 0.6 is 0 Å². The van der Waals surface area contributed by atoms with E-state index in [1.54, 1.807) is 4.90 Å². The van der Waals surface area contributed by atoms with E-state index in [4.69, 9.17) is 5.73 Å². The highest BCUT2D eigenvalue weighted by Gasteiger charge is 2.27. The van der Waals surface area contributed by atoms with Crippen molar-refractivity contribution in [1.29, 1.82) is 0 Å². The number of carbonyl (C=O) groups is 3. The molecule has 1 aliphatic heterocycles. The molecular formula is C18H25N3O3. The fourth-order valence-electron chi connectivity index (χ4n) is 3.01. The lowest BCUT2D eigenvalue weighted by Crippen LogP contribution is -2.43. The molecule has 6 heteroatoms. The summed E-state index contributed by atoms with van der Waals surface area (Å²) in [4.78, 5) is 37.0. The highest BCUT2D eigenvalue weighted by atomic mass is 16.2. The van der Waals surface area contributed by atoms with Crippen LogP contribution in [0.2, 0.25) is 0 Å². The van der Waals surface area contributed by atoms with Gasteiger partial charge in [0.2, 0.25) is 17.7 Å². The number of aryl methyl sites for hydroxylation is 1. The SMILES string of the molecule is CC(=O)N[C@H](CC(=O)N1CCC(C(N)=O)CC1)c1ccc(C)cc1. The van der Waals surface area contributed by atoms with Crippen LogP contribution in [0.3, 0.4) is 0 Å². The van der Waals surface area contributed by atoms with Crippen molar-refractivity contribution < 1.29 is 14.4 Å². The fraction of sp³-hybridized carbons (Fsp3) is 0.500. The molecule has 24 heavy (non-hydrogen) atoms. The summed E-state index contributed by atoms with van der Waals surface area (Å²) in [5.74, 6) is -0.617. The van der Waals surface area contributed by atoms with E-state index in [0.29, 0.717) is 25.9 Å². The van der Waals surface area contributed by atoms with Crippen LogP contribution < -0.4 is 11.1 Å². The summed E-state index contributed by atoms with van der Waals surface area (Å²) in [5.41, 5.74) is 7.36. The first-order chi connectivity index (χ1) is 11.4. The van der Waals surface area contributed by atoms with Crippen LogP contribution in [0.5, 0.6) is 0 Å². The van der Waals surface area contributed by atoms with E-state index in [-0.39, 0.29) is 36.1 Å². The first-order valence-electron chi connectivity index (χ1n) is 8.27. The van der Waals surface area contributed by atoms with E-state index in [1.165, 1.54) is 6.92 Å². The number of rotatable bonds is 5. The number of hydrogen-bond acceptors (Lipinski definition) is 3. The minimum atomic E-state index is -0.343. The average molecular weight is 331 g/mol. The van der Waals surface area contributed by atoms with Gasteiger partial charge >= 0.3 is 0 Å². The normalized spacial score (nSPS) is 16.5. The van der Waals surface area contributed by atoms with Gasteiger partial charge in [-0.25, -0.2) is 0 Å². The van der Waals surface area contributed by atoms with Crippen molar-refractivity contribution in [3.05, 3.63) is 35.4 Å². The van der Waals surface area contributed by atoms with Crippen molar-refractivity contribution in [1.82, 2.24) is 10.2 Å². The lowest BCUT2D eigenvalue weighted by atomic mass is 9.95. The van der Waals surface area contributed by atoms with E-state index in [9.17, 15) is 14.4 Å². The van der Waals surface area contributed by atoms with Gasteiger partial charge in [-0.15, -0.1) is 0 Å². The first-order valence-corrected chi connectivity index (χ1v) is 8.27. The van der Waals surface area contributed by atoms with Gasteiger partial charge < -0.3 is 16.0 Å². The molecule has 3 N–H and O–H groups in total. The number of nitrogens with two attached hydrogens (primary N) is 1. The van der Waals surface area contributed by atoms with Gasteiger partial charge in [-0.05, 0) is 25.3 Å². The number of benzene rings is 1. The molecule has 130 valence electrons. The molecule has 1 aromatic rings. The third-order valence-electron chi connectivity index (χ3n) is 4.49. The Morgan fingerprint density at radius 2 is 1.79 bits per heavy atom. The first kappa shape index (κ1) is 18.0. The van der Waals surface area contributed by atoms with Gasteiger partial charge in [0.15, 0.2) is 0 Å². The van der Waals surface area contributed by atoms with Crippen LogP contribution in [0.1, 0.15) is 43.4 Å². The Bertz CT molecular complexity index is 604. The molecule has 3 amide bonds. The summed E-state index contributed by atoms with van der Waals surface area (Å²) >= 11 is 0. The van der Waals surface area contributed by atoms with Crippen LogP contribution in [0.25, 0.3) is 0 Å². The van der Waals surface area contributed by atoms with Crippen molar-refractivity contribution in [2.45, 2.75) is 39.2 Å². The molecule has 0 radical (unpaired) electrons. The molecule has 1 saturated heterocycles. The molecule has 2 rings (SSSR count). The second-order valence-electron chi connectivity index (χ2n) is 6.43. The number of piperidine rings is 1. The molecule has 1 heterocycles. The minimum absolute atomic E-state index is 0.0164. The largest absolute Gasteiger partial charge is 0.369 e. The van der Waals surface area contributed by atoms with E-state index in [1.807, 2.05) is 31.2 Å². The minimum Gasteiger partial charge on any atom is -0.369 e. The fourth-order valence-corrected chi connectivity index (χ4v) is 3.01. The molecule has 1 aliphatic rings. The van der Waals surface area contributed by atoms with Gasteiger partial charge in [0.05, 0.1) is 12.5 Å². The van der Waals surface area contributed by atoms with Crippen LogP contribution in [-0.4, -0.2) is 35.7 Å². The average Bonchev–Trinajstić information content (AvgIpc) is 2.54. The number of amides is 3. The Morgan fingerprint density at radius 3 is 2.29 bits per heavy atom. The maximum atomic E-state index is 12.6. The van der Waals surface area contributed by atoms with E-state index < -0.39 is 0 Å². The number of hydrogen-bond donors (Lipinski definition) is 2. The lowest BCUT2D eigenvalue weighted by molar-refractivity contribution is -0.135. The maximum absolute atomic E-state index is 12.6.